The summed E-state index contributed by atoms with van der Waals surface area (Å²) in [4.78, 5) is 4.26. The lowest BCUT2D eigenvalue weighted by Crippen LogP contribution is -2.00. The average Bonchev–Trinajstić information content (AvgIpc) is 2.36. The van der Waals surface area contributed by atoms with Gasteiger partial charge in [0.25, 0.3) is 0 Å². The van der Waals surface area contributed by atoms with Crippen molar-refractivity contribution in [2.45, 2.75) is 20.0 Å². The number of nitrogens with zero attached hydrogens (tertiary/aromatic N) is 1. The third-order valence-corrected chi connectivity index (χ3v) is 1.97. The van der Waals surface area contributed by atoms with E-state index in [1.165, 1.54) is 16.8 Å². The van der Waals surface area contributed by atoms with Gasteiger partial charge in [-0.3, -0.25) is 4.98 Å². The number of fused-ring (bicyclic) bond motifs is 1. The molecule has 0 amide bonds. The first-order chi connectivity index (χ1) is 4.88. The molecule has 0 saturated heterocycles. The number of hydrogen-bond acceptors (Lipinski definition) is 2. The van der Waals surface area contributed by atoms with E-state index < -0.39 is 0 Å². The number of aryl methyl sites for hydroxylation is 1. The van der Waals surface area contributed by atoms with Crippen molar-refractivity contribution in [3.63, 3.8) is 0 Å². The third kappa shape index (κ3) is 1.37. The van der Waals surface area contributed by atoms with Crippen LogP contribution >= 0.6 is 12.4 Å². The van der Waals surface area contributed by atoms with Crippen molar-refractivity contribution in [2.75, 3.05) is 0 Å². The summed E-state index contributed by atoms with van der Waals surface area (Å²) >= 11 is 0. The first-order valence-corrected chi connectivity index (χ1v) is 3.52. The molecule has 1 aromatic heterocycles. The molecule has 2 rings (SSSR count). The highest BCUT2D eigenvalue weighted by molar-refractivity contribution is 5.85. The lowest BCUT2D eigenvalue weighted by Gasteiger charge is -1.98. The summed E-state index contributed by atoms with van der Waals surface area (Å²) in [5.74, 6) is 0. The van der Waals surface area contributed by atoms with Crippen LogP contribution in [0.25, 0.3) is 0 Å². The lowest BCUT2D eigenvalue weighted by molar-refractivity contribution is 0.757. The topological polar surface area (TPSA) is 24.9 Å². The standard InChI is InChI=1S/C8H10N2.ClH/c1-6-2-3-10-8-5-9-4-7(6)8;/h2-3,9H,4-5H2,1H3;1H. The number of halogens is 1. The normalized spacial score (nSPS) is 13.9. The van der Waals surface area contributed by atoms with Crippen LogP contribution < -0.4 is 5.32 Å². The van der Waals surface area contributed by atoms with Crippen LogP contribution in [-0.4, -0.2) is 4.98 Å². The minimum atomic E-state index is 0. The molecule has 0 saturated carbocycles. The molecule has 2 heterocycles. The van der Waals surface area contributed by atoms with Crippen molar-refractivity contribution in [1.29, 1.82) is 0 Å². The van der Waals surface area contributed by atoms with Crippen molar-refractivity contribution in [3.8, 4) is 0 Å². The zero-order valence-electron chi connectivity index (χ0n) is 6.42. The van der Waals surface area contributed by atoms with Crippen LogP contribution in [0, 0.1) is 6.92 Å². The van der Waals surface area contributed by atoms with Crippen molar-refractivity contribution in [2.24, 2.45) is 0 Å². The summed E-state index contributed by atoms with van der Waals surface area (Å²) in [6.07, 6.45) is 1.88. The van der Waals surface area contributed by atoms with E-state index in [1.54, 1.807) is 0 Å². The maximum atomic E-state index is 4.26. The summed E-state index contributed by atoms with van der Waals surface area (Å²) < 4.78 is 0. The molecule has 3 heteroatoms. The Morgan fingerprint density at radius 3 is 3.00 bits per heavy atom. The summed E-state index contributed by atoms with van der Waals surface area (Å²) in [6.45, 7) is 4.07. The maximum absolute atomic E-state index is 4.26. The summed E-state index contributed by atoms with van der Waals surface area (Å²) in [5.41, 5.74) is 3.97. The van der Waals surface area contributed by atoms with Gasteiger partial charge in [-0.25, -0.2) is 0 Å². The second-order valence-corrected chi connectivity index (χ2v) is 2.66. The highest BCUT2D eigenvalue weighted by Crippen LogP contribution is 2.15. The SMILES string of the molecule is Cc1ccnc2c1CNC2.Cl. The molecule has 0 radical (unpaired) electrons. The van der Waals surface area contributed by atoms with E-state index in [4.69, 9.17) is 0 Å². The van der Waals surface area contributed by atoms with Gasteiger partial charge in [-0.1, -0.05) is 0 Å². The Morgan fingerprint density at radius 1 is 1.45 bits per heavy atom. The van der Waals surface area contributed by atoms with Gasteiger partial charge in [0.2, 0.25) is 0 Å². The predicted molar refractivity (Wildman–Crippen MR) is 46.8 cm³/mol. The molecule has 11 heavy (non-hydrogen) atoms. The Morgan fingerprint density at radius 2 is 2.27 bits per heavy atom. The van der Waals surface area contributed by atoms with Crippen molar-refractivity contribution >= 4 is 12.4 Å². The summed E-state index contributed by atoms with van der Waals surface area (Å²) in [6, 6.07) is 2.06. The van der Waals surface area contributed by atoms with Gasteiger partial charge in [-0.15, -0.1) is 12.4 Å². The fourth-order valence-corrected chi connectivity index (χ4v) is 1.34. The zero-order valence-corrected chi connectivity index (χ0v) is 7.24. The van der Waals surface area contributed by atoms with Crippen LogP contribution in [0.3, 0.4) is 0 Å². The summed E-state index contributed by atoms with van der Waals surface area (Å²) in [7, 11) is 0. The van der Waals surface area contributed by atoms with Crippen LogP contribution in [0.2, 0.25) is 0 Å². The quantitative estimate of drug-likeness (QED) is 0.637. The molecule has 1 N–H and O–H groups in total. The van der Waals surface area contributed by atoms with Crippen molar-refractivity contribution < 1.29 is 0 Å². The molecule has 0 atom stereocenters. The predicted octanol–water partition coefficient (Wildman–Crippen LogP) is 1.42. The molecule has 0 aromatic carbocycles. The smallest absolute Gasteiger partial charge is 0.0589 e. The number of rotatable bonds is 0. The molecule has 1 aromatic rings. The maximum Gasteiger partial charge on any atom is 0.0589 e. The molecule has 0 bridgehead atoms. The van der Waals surface area contributed by atoms with Gasteiger partial charge in [0, 0.05) is 19.3 Å². The van der Waals surface area contributed by atoms with E-state index in [-0.39, 0.29) is 12.4 Å². The van der Waals surface area contributed by atoms with Crippen molar-refractivity contribution in [3.05, 3.63) is 29.1 Å². The van der Waals surface area contributed by atoms with Gasteiger partial charge < -0.3 is 5.32 Å². The van der Waals surface area contributed by atoms with Gasteiger partial charge in [-0.05, 0) is 24.1 Å². The molecule has 1 aliphatic heterocycles. The first kappa shape index (κ1) is 8.50. The molecular formula is C8H11ClN2. The van der Waals surface area contributed by atoms with E-state index in [2.05, 4.69) is 23.3 Å². The Kier molecular flexibility index (Phi) is 2.47. The second kappa shape index (κ2) is 3.20. The van der Waals surface area contributed by atoms with Crippen molar-refractivity contribution in [1.82, 2.24) is 10.3 Å². The Balaban J connectivity index is 0.000000605. The Hall–Kier alpha value is -0.600. The van der Waals surface area contributed by atoms with Crippen LogP contribution in [0.5, 0.6) is 0 Å². The average molecular weight is 171 g/mol. The summed E-state index contributed by atoms with van der Waals surface area (Å²) in [5, 5.41) is 3.27. The number of pyridine rings is 1. The van der Waals surface area contributed by atoms with Gasteiger partial charge in [-0.2, -0.15) is 0 Å². The van der Waals surface area contributed by atoms with Crippen LogP contribution in [0.15, 0.2) is 12.3 Å². The molecule has 1 aliphatic rings. The number of aromatic nitrogens is 1. The number of nitrogens with one attached hydrogen (secondary N) is 1. The first-order valence-electron chi connectivity index (χ1n) is 3.52. The van der Waals surface area contributed by atoms with Gasteiger partial charge in [0.05, 0.1) is 5.69 Å². The van der Waals surface area contributed by atoms with E-state index in [0.29, 0.717) is 0 Å². The zero-order chi connectivity index (χ0) is 6.97. The minimum absolute atomic E-state index is 0. The largest absolute Gasteiger partial charge is 0.307 e. The highest BCUT2D eigenvalue weighted by atomic mass is 35.5. The van der Waals surface area contributed by atoms with Crippen LogP contribution in [-0.2, 0) is 13.1 Å². The van der Waals surface area contributed by atoms with E-state index >= 15 is 0 Å². The molecule has 0 aliphatic carbocycles. The third-order valence-electron chi connectivity index (χ3n) is 1.97. The Labute approximate surface area is 72.4 Å². The van der Waals surface area contributed by atoms with Gasteiger partial charge >= 0.3 is 0 Å². The van der Waals surface area contributed by atoms with Gasteiger partial charge in [0.15, 0.2) is 0 Å². The Bertz CT molecular complexity index is 260. The number of hydrogen-bond donors (Lipinski definition) is 1. The van der Waals surface area contributed by atoms with Crippen LogP contribution in [0.4, 0.5) is 0 Å². The highest BCUT2D eigenvalue weighted by Gasteiger charge is 2.11. The van der Waals surface area contributed by atoms with Crippen LogP contribution in [0.1, 0.15) is 16.8 Å². The van der Waals surface area contributed by atoms with E-state index in [9.17, 15) is 0 Å². The second-order valence-electron chi connectivity index (χ2n) is 2.66. The molecular weight excluding hydrogens is 160 g/mol. The van der Waals surface area contributed by atoms with E-state index in [1.807, 2.05) is 6.20 Å². The fourth-order valence-electron chi connectivity index (χ4n) is 1.34. The molecule has 0 unspecified atom stereocenters. The fraction of sp³-hybridized carbons (Fsp3) is 0.375. The molecule has 2 nitrogen and oxygen atoms in total. The monoisotopic (exact) mass is 170 g/mol. The van der Waals surface area contributed by atoms with Gasteiger partial charge in [0.1, 0.15) is 0 Å². The minimum Gasteiger partial charge on any atom is -0.307 e. The molecule has 0 spiro atoms. The molecule has 60 valence electrons. The lowest BCUT2D eigenvalue weighted by atomic mass is 10.1. The molecule has 0 fully saturated rings. The van der Waals surface area contributed by atoms with E-state index in [0.717, 1.165) is 13.1 Å².